The molecule has 0 bridgehead atoms. The maximum Gasteiger partial charge on any atom is 0.123 e. The van der Waals surface area contributed by atoms with Gasteiger partial charge in [-0.3, -0.25) is 0 Å². The number of ether oxygens (including phenoxy) is 1. The third kappa shape index (κ3) is 5.92. The molecule has 0 radical (unpaired) electrons. The minimum Gasteiger partial charge on any atom is -0.376 e. The highest BCUT2D eigenvalue weighted by molar-refractivity contribution is 5.14. The minimum absolute atomic E-state index is 0.186. The Labute approximate surface area is 134 Å². The first kappa shape index (κ1) is 17.2. The number of benzene rings is 1. The Morgan fingerprint density at radius 3 is 2.68 bits per heavy atom. The van der Waals surface area contributed by atoms with E-state index in [1.807, 2.05) is 0 Å². The van der Waals surface area contributed by atoms with E-state index in [1.54, 1.807) is 12.1 Å². The van der Waals surface area contributed by atoms with Gasteiger partial charge in [0.25, 0.3) is 0 Å². The molecule has 1 aliphatic carbocycles. The Kier molecular flexibility index (Phi) is 7.65. The van der Waals surface area contributed by atoms with Gasteiger partial charge >= 0.3 is 0 Å². The Morgan fingerprint density at radius 2 is 1.91 bits per heavy atom. The standard InChI is InChI=1S/C20H29FO/c1-2-3-4-5-6-8-18-9-7-10-19(18)16-22-15-17-11-13-20(21)14-12-17/h5-6,11-14,18-19H,2-4,7-10,15-16H2,1H3/b6-5-. The van der Waals surface area contributed by atoms with Crippen molar-refractivity contribution in [2.24, 2.45) is 11.8 Å². The number of allylic oxidation sites excluding steroid dienone is 2. The summed E-state index contributed by atoms with van der Waals surface area (Å²) < 4.78 is 18.7. The van der Waals surface area contributed by atoms with Crippen LogP contribution in [0.4, 0.5) is 4.39 Å². The van der Waals surface area contributed by atoms with E-state index in [4.69, 9.17) is 4.74 Å². The molecule has 1 aromatic rings. The maximum atomic E-state index is 12.9. The zero-order valence-electron chi connectivity index (χ0n) is 13.8. The average Bonchev–Trinajstić information content (AvgIpc) is 2.97. The molecular formula is C20H29FO. The van der Waals surface area contributed by atoms with Crippen LogP contribution in [-0.4, -0.2) is 6.61 Å². The molecule has 2 heteroatoms. The minimum atomic E-state index is -0.186. The maximum absolute atomic E-state index is 12.9. The molecule has 2 rings (SSSR count). The number of hydrogen-bond donors (Lipinski definition) is 0. The predicted octanol–water partition coefficient (Wildman–Crippen LogP) is 5.90. The number of rotatable bonds is 9. The third-order valence-corrected chi connectivity index (χ3v) is 4.66. The summed E-state index contributed by atoms with van der Waals surface area (Å²) in [6.07, 6.45) is 13.7. The molecule has 0 heterocycles. The van der Waals surface area contributed by atoms with Crippen molar-refractivity contribution in [2.75, 3.05) is 6.61 Å². The van der Waals surface area contributed by atoms with Crippen LogP contribution in [0.1, 0.15) is 57.4 Å². The fourth-order valence-electron chi connectivity index (χ4n) is 3.26. The molecule has 22 heavy (non-hydrogen) atoms. The quantitative estimate of drug-likeness (QED) is 0.408. The normalized spacial score (nSPS) is 21.7. The van der Waals surface area contributed by atoms with Crippen LogP contribution in [-0.2, 0) is 11.3 Å². The van der Waals surface area contributed by atoms with E-state index in [9.17, 15) is 4.39 Å². The molecule has 1 nitrogen and oxygen atoms in total. The summed E-state index contributed by atoms with van der Waals surface area (Å²) in [5.74, 6) is 1.29. The van der Waals surface area contributed by atoms with Gasteiger partial charge in [0, 0.05) is 0 Å². The molecule has 1 aliphatic rings. The lowest BCUT2D eigenvalue weighted by atomic mass is 9.93. The Balaban J connectivity index is 1.67. The Bertz CT molecular complexity index is 438. The van der Waals surface area contributed by atoms with Gasteiger partial charge in [0.2, 0.25) is 0 Å². The first-order valence-corrected chi connectivity index (χ1v) is 8.76. The summed E-state index contributed by atoms with van der Waals surface area (Å²) >= 11 is 0. The molecule has 1 saturated carbocycles. The zero-order valence-corrected chi connectivity index (χ0v) is 13.8. The van der Waals surface area contributed by atoms with Crippen molar-refractivity contribution in [3.05, 3.63) is 47.8 Å². The van der Waals surface area contributed by atoms with Crippen LogP contribution in [0.5, 0.6) is 0 Å². The van der Waals surface area contributed by atoms with E-state index in [1.165, 1.54) is 57.1 Å². The summed E-state index contributed by atoms with van der Waals surface area (Å²) in [4.78, 5) is 0. The lowest BCUT2D eigenvalue weighted by molar-refractivity contribution is 0.0745. The SMILES string of the molecule is CCCC/C=C\CC1CCCC1COCc1ccc(F)cc1. The van der Waals surface area contributed by atoms with Crippen LogP contribution < -0.4 is 0 Å². The molecule has 1 aromatic carbocycles. The molecule has 1 fully saturated rings. The summed E-state index contributed by atoms with van der Waals surface area (Å²) in [7, 11) is 0. The second kappa shape index (κ2) is 9.78. The molecule has 122 valence electrons. The van der Waals surface area contributed by atoms with Crippen molar-refractivity contribution in [1.29, 1.82) is 0 Å². The van der Waals surface area contributed by atoms with Gasteiger partial charge in [0.05, 0.1) is 13.2 Å². The monoisotopic (exact) mass is 304 g/mol. The Morgan fingerprint density at radius 1 is 1.14 bits per heavy atom. The van der Waals surface area contributed by atoms with Gasteiger partial charge in [0.1, 0.15) is 5.82 Å². The molecule has 0 aromatic heterocycles. The third-order valence-electron chi connectivity index (χ3n) is 4.66. The molecule has 0 aliphatic heterocycles. The van der Waals surface area contributed by atoms with Crippen molar-refractivity contribution < 1.29 is 9.13 Å². The van der Waals surface area contributed by atoms with Gasteiger partial charge in [-0.1, -0.05) is 50.5 Å². The van der Waals surface area contributed by atoms with Gasteiger partial charge in [-0.15, -0.1) is 0 Å². The molecule has 0 amide bonds. The molecule has 0 spiro atoms. The molecule has 2 atom stereocenters. The van der Waals surface area contributed by atoms with Crippen LogP contribution in [0, 0.1) is 17.7 Å². The number of halogens is 1. The van der Waals surface area contributed by atoms with Crippen molar-refractivity contribution in [2.45, 2.75) is 58.5 Å². The van der Waals surface area contributed by atoms with E-state index >= 15 is 0 Å². The van der Waals surface area contributed by atoms with Gasteiger partial charge in [-0.25, -0.2) is 4.39 Å². The average molecular weight is 304 g/mol. The van der Waals surface area contributed by atoms with Crippen LogP contribution in [0.25, 0.3) is 0 Å². The zero-order chi connectivity index (χ0) is 15.6. The molecule has 0 N–H and O–H groups in total. The number of hydrogen-bond acceptors (Lipinski definition) is 1. The molecule has 2 unspecified atom stereocenters. The van der Waals surface area contributed by atoms with Gasteiger partial charge in [-0.2, -0.15) is 0 Å². The smallest absolute Gasteiger partial charge is 0.123 e. The summed E-state index contributed by atoms with van der Waals surface area (Å²) in [5, 5.41) is 0. The summed E-state index contributed by atoms with van der Waals surface area (Å²) in [6, 6.07) is 6.60. The second-order valence-electron chi connectivity index (χ2n) is 6.44. The van der Waals surface area contributed by atoms with Crippen molar-refractivity contribution in [1.82, 2.24) is 0 Å². The topological polar surface area (TPSA) is 9.23 Å². The van der Waals surface area contributed by atoms with E-state index in [0.29, 0.717) is 12.5 Å². The van der Waals surface area contributed by atoms with E-state index in [0.717, 1.165) is 18.1 Å². The van der Waals surface area contributed by atoms with Crippen LogP contribution >= 0.6 is 0 Å². The summed E-state index contributed by atoms with van der Waals surface area (Å²) in [6.45, 7) is 3.67. The van der Waals surface area contributed by atoms with Crippen molar-refractivity contribution in [3.8, 4) is 0 Å². The van der Waals surface area contributed by atoms with Crippen LogP contribution in [0.3, 0.4) is 0 Å². The van der Waals surface area contributed by atoms with Gasteiger partial charge < -0.3 is 4.74 Å². The van der Waals surface area contributed by atoms with E-state index in [2.05, 4.69) is 19.1 Å². The molecular weight excluding hydrogens is 275 g/mol. The highest BCUT2D eigenvalue weighted by atomic mass is 19.1. The lowest BCUT2D eigenvalue weighted by Gasteiger charge is -2.18. The van der Waals surface area contributed by atoms with E-state index in [-0.39, 0.29) is 5.82 Å². The van der Waals surface area contributed by atoms with Gasteiger partial charge in [-0.05, 0) is 55.2 Å². The first-order valence-electron chi connectivity index (χ1n) is 8.76. The van der Waals surface area contributed by atoms with Crippen LogP contribution in [0.2, 0.25) is 0 Å². The second-order valence-corrected chi connectivity index (χ2v) is 6.44. The first-order chi connectivity index (χ1) is 10.8. The Hall–Kier alpha value is -1.15. The fourth-order valence-corrected chi connectivity index (χ4v) is 3.26. The van der Waals surface area contributed by atoms with Crippen LogP contribution in [0.15, 0.2) is 36.4 Å². The number of unbranched alkanes of at least 4 members (excludes halogenated alkanes) is 2. The van der Waals surface area contributed by atoms with E-state index < -0.39 is 0 Å². The largest absolute Gasteiger partial charge is 0.376 e. The lowest BCUT2D eigenvalue weighted by Crippen LogP contribution is -2.14. The van der Waals surface area contributed by atoms with Crippen molar-refractivity contribution in [3.63, 3.8) is 0 Å². The summed E-state index contributed by atoms with van der Waals surface area (Å²) in [5.41, 5.74) is 1.05. The highest BCUT2D eigenvalue weighted by Crippen LogP contribution is 2.34. The van der Waals surface area contributed by atoms with Crippen molar-refractivity contribution >= 4 is 0 Å². The highest BCUT2D eigenvalue weighted by Gasteiger charge is 2.26. The predicted molar refractivity (Wildman–Crippen MR) is 90.2 cm³/mol. The fraction of sp³-hybridized carbons (Fsp3) is 0.600. The molecule has 0 saturated heterocycles. The van der Waals surface area contributed by atoms with Gasteiger partial charge in [0.15, 0.2) is 0 Å².